The van der Waals surface area contributed by atoms with E-state index in [0.717, 1.165) is 0 Å². The number of hydrogen-bond acceptors (Lipinski definition) is 5. The van der Waals surface area contributed by atoms with Gasteiger partial charge in [0.05, 0.1) is 18.5 Å². The molecule has 8 heteroatoms. The summed E-state index contributed by atoms with van der Waals surface area (Å²) in [7, 11) is -3.36. The first kappa shape index (κ1) is 17.1. The van der Waals surface area contributed by atoms with Gasteiger partial charge in [-0.25, -0.2) is 12.7 Å². The highest BCUT2D eigenvalue weighted by molar-refractivity contribution is 7.89. The van der Waals surface area contributed by atoms with Gasteiger partial charge >= 0.3 is 0 Å². The van der Waals surface area contributed by atoms with Crippen molar-refractivity contribution in [2.24, 2.45) is 10.9 Å². The summed E-state index contributed by atoms with van der Waals surface area (Å²) < 4.78 is 30.4. The van der Waals surface area contributed by atoms with E-state index in [0.29, 0.717) is 6.54 Å². The molecule has 0 saturated heterocycles. The van der Waals surface area contributed by atoms with E-state index in [9.17, 15) is 8.42 Å². The summed E-state index contributed by atoms with van der Waals surface area (Å²) in [6.07, 6.45) is 0.210. The Morgan fingerprint density at radius 3 is 2.56 bits per heavy atom. The minimum absolute atomic E-state index is 0.00689. The molecular weight excluding hydrogens is 258 g/mol. The van der Waals surface area contributed by atoms with Crippen LogP contribution in [-0.2, 0) is 14.8 Å². The van der Waals surface area contributed by atoms with Crippen molar-refractivity contribution in [3.8, 4) is 0 Å². The van der Waals surface area contributed by atoms with Crippen molar-refractivity contribution in [2.75, 3.05) is 25.4 Å². The fourth-order valence-corrected chi connectivity index (χ4v) is 2.63. The predicted octanol–water partition coefficient (Wildman–Crippen LogP) is 0.200. The van der Waals surface area contributed by atoms with Gasteiger partial charge in [-0.05, 0) is 13.8 Å². The average molecular weight is 281 g/mol. The van der Waals surface area contributed by atoms with E-state index in [1.54, 1.807) is 6.92 Å². The summed E-state index contributed by atoms with van der Waals surface area (Å²) in [5.74, 6) is -0.0445. The highest BCUT2D eigenvalue weighted by Gasteiger charge is 2.20. The van der Waals surface area contributed by atoms with Gasteiger partial charge in [-0.3, -0.25) is 0 Å². The average Bonchev–Trinajstić information content (AvgIpc) is 2.28. The maximum atomic E-state index is 11.9. The number of sulfonamides is 1. The second-order valence-electron chi connectivity index (χ2n) is 4.07. The summed E-state index contributed by atoms with van der Waals surface area (Å²) in [4.78, 5) is 0. The maximum Gasteiger partial charge on any atom is 0.216 e. The van der Waals surface area contributed by atoms with Crippen LogP contribution in [0.4, 0.5) is 0 Å². The van der Waals surface area contributed by atoms with Gasteiger partial charge in [-0.15, -0.1) is 0 Å². The molecule has 0 aliphatic rings. The highest BCUT2D eigenvalue weighted by atomic mass is 32.2. The van der Waals surface area contributed by atoms with Crippen molar-refractivity contribution in [2.45, 2.75) is 33.3 Å². The summed E-state index contributed by atoms with van der Waals surface area (Å²) in [5, 5.41) is 11.2. The van der Waals surface area contributed by atoms with E-state index in [4.69, 9.17) is 15.7 Å². The number of oxime groups is 1. The first-order valence-corrected chi connectivity index (χ1v) is 7.50. The molecule has 0 saturated carbocycles. The van der Waals surface area contributed by atoms with Crippen molar-refractivity contribution in [1.29, 1.82) is 0 Å². The Hall–Kier alpha value is -0.860. The Labute approximate surface area is 109 Å². The van der Waals surface area contributed by atoms with Crippen LogP contribution in [0.1, 0.15) is 27.2 Å². The Balaban J connectivity index is 4.34. The molecule has 108 valence electrons. The molecular formula is C10H23N3O4S. The van der Waals surface area contributed by atoms with Crippen molar-refractivity contribution < 1.29 is 18.4 Å². The molecule has 0 spiro atoms. The fourth-order valence-electron chi connectivity index (χ4n) is 1.30. The highest BCUT2D eigenvalue weighted by Crippen LogP contribution is 2.03. The van der Waals surface area contributed by atoms with Gasteiger partial charge in [0.2, 0.25) is 10.0 Å². The zero-order valence-corrected chi connectivity index (χ0v) is 12.0. The van der Waals surface area contributed by atoms with E-state index in [1.165, 1.54) is 4.31 Å². The zero-order chi connectivity index (χ0) is 14.2. The van der Waals surface area contributed by atoms with Crippen LogP contribution < -0.4 is 5.73 Å². The first-order valence-electron chi connectivity index (χ1n) is 5.89. The van der Waals surface area contributed by atoms with Crippen LogP contribution in [0.15, 0.2) is 5.16 Å². The summed E-state index contributed by atoms with van der Waals surface area (Å²) in [6.45, 7) is 6.16. The lowest BCUT2D eigenvalue weighted by molar-refractivity contribution is 0.0907. The van der Waals surface area contributed by atoms with Crippen molar-refractivity contribution >= 4 is 15.9 Å². The third kappa shape index (κ3) is 6.77. The lowest BCUT2D eigenvalue weighted by atomic mass is 10.4. The molecule has 3 N–H and O–H groups in total. The molecule has 0 unspecified atom stereocenters. The van der Waals surface area contributed by atoms with Crippen LogP contribution in [0.2, 0.25) is 0 Å². The van der Waals surface area contributed by atoms with Crippen LogP contribution in [-0.4, -0.2) is 55.3 Å². The summed E-state index contributed by atoms with van der Waals surface area (Å²) in [5.41, 5.74) is 5.31. The number of ether oxygens (including phenoxy) is 1. The molecule has 0 aromatic heterocycles. The smallest absolute Gasteiger partial charge is 0.216 e. The quantitative estimate of drug-likeness (QED) is 0.272. The third-order valence-corrected chi connectivity index (χ3v) is 4.19. The molecule has 0 radical (unpaired) electrons. The normalized spacial score (nSPS) is 13.5. The largest absolute Gasteiger partial charge is 0.409 e. The monoisotopic (exact) mass is 281 g/mol. The van der Waals surface area contributed by atoms with Gasteiger partial charge in [0.25, 0.3) is 0 Å². The number of nitrogens with two attached hydrogens (primary N) is 1. The van der Waals surface area contributed by atoms with Crippen LogP contribution in [0.3, 0.4) is 0 Å². The molecule has 18 heavy (non-hydrogen) atoms. The van der Waals surface area contributed by atoms with Crippen LogP contribution >= 0.6 is 0 Å². The van der Waals surface area contributed by atoms with Crippen LogP contribution in [0.5, 0.6) is 0 Å². The van der Waals surface area contributed by atoms with Crippen LogP contribution in [0, 0.1) is 0 Å². The van der Waals surface area contributed by atoms with E-state index < -0.39 is 10.0 Å². The fraction of sp³-hybridized carbons (Fsp3) is 0.900. The molecule has 0 aliphatic heterocycles. The van der Waals surface area contributed by atoms with E-state index in [-0.39, 0.29) is 37.3 Å². The van der Waals surface area contributed by atoms with Gasteiger partial charge in [0, 0.05) is 19.5 Å². The third-order valence-electron chi connectivity index (χ3n) is 2.28. The molecule has 0 amide bonds. The Morgan fingerprint density at radius 1 is 1.50 bits per heavy atom. The molecule has 0 atom stereocenters. The SMILES string of the molecule is CCN(CCC(N)=NO)S(=O)(=O)CCOC(C)C. The summed E-state index contributed by atoms with van der Waals surface area (Å²) >= 11 is 0. The summed E-state index contributed by atoms with van der Waals surface area (Å²) in [6, 6.07) is 0. The predicted molar refractivity (Wildman–Crippen MR) is 70.1 cm³/mol. The molecule has 0 heterocycles. The van der Waals surface area contributed by atoms with Crippen molar-refractivity contribution in [3.63, 3.8) is 0 Å². The van der Waals surface area contributed by atoms with Gasteiger partial charge in [-0.1, -0.05) is 12.1 Å². The number of amidine groups is 1. The number of nitrogens with zero attached hydrogens (tertiary/aromatic N) is 2. The Morgan fingerprint density at radius 2 is 2.11 bits per heavy atom. The van der Waals surface area contributed by atoms with Gasteiger partial charge in [0.15, 0.2) is 0 Å². The van der Waals surface area contributed by atoms with E-state index in [2.05, 4.69) is 5.16 Å². The molecule has 0 aromatic carbocycles. The lowest BCUT2D eigenvalue weighted by Gasteiger charge is -2.20. The minimum Gasteiger partial charge on any atom is -0.409 e. The molecule has 0 aromatic rings. The molecule has 7 nitrogen and oxygen atoms in total. The number of rotatable bonds is 9. The maximum absolute atomic E-state index is 11.9. The lowest BCUT2D eigenvalue weighted by Crippen LogP contribution is -2.36. The molecule has 0 fully saturated rings. The minimum atomic E-state index is -3.36. The Kier molecular flexibility index (Phi) is 7.88. The van der Waals surface area contributed by atoms with E-state index in [1.807, 2.05) is 13.8 Å². The topological polar surface area (TPSA) is 105 Å². The zero-order valence-electron chi connectivity index (χ0n) is 11.2. The second-order valence-corrected chi connectivity index (χ2v) is 6.16. The van der Waals surface area contributed by atoms with E-state index >= 15 is 0 Å². The number of hydrogen-bond donors (Lipinski definition) is 2. The molecule has 0 aliphatic carbocycles. The standard InChI is InChI=1S/C10H23N3O4S/c1-4-13(6-5-10(11)12-14)18(15,16)8-7-17-9(2)3/h9,14H,4-8H2,1-3H3,(H2,11,12). The first-order chi connectivity index (χ1) is 8.33. The molecule has 0 rings (SSSR count). The van der Waals surface area contributed by atoms with Crippen molar-refractivity contribution in [3.05, 3.63) is 0 Å². The van der Waals surface area contributed by atoms with Gasteiger partial charge < -0.3 is 15.7 Å². The van der Waals surface area contributed by atoms with Gasteiger partial charge in [0.1, 0.15) is 5.84 Å². The van der Waals surface area contributed by atoms with Gasteiger partial charge in [-0.2, -0.15) is 0 Å². The Bertz CT molecular complexity index is 354. The van der Waals surface area contributed by atoms with Crippen LogP contribution in [0.25, 0.3) is 0 Å². The molecule has 0 bridgehead atoms. The van der Waals surface area contributed by atoms with Crippen molar-refractivity contribution in [1.82, 2.24) is 4.31 Å². The second kappa shape index (κ2) is 8.28.